The number of carbonyl (C=O) groups is 2. The third kappa shape index (κ3) is 4.09. The van der Waals surface area contributed by atoms with Crippen LogP contribution in [0.2, 0.25) is 0 Å². The van der Waals surface area contributed by atoms with Crippen molar-refractivity contribution < 1.29 is 9.59 Å². The van der Waals surface area contributed by atoms with E-state index in [-0.39, 0.29) is 5.91 Å². The third-order valence-electron chi connectivity index (χ3n) is 4.34. The summed E-state index contributed by atoms with van der Waals surface area (Å²) in [6.07, 6.45) is 4.28. The Balaban J connectivity index is 1.84. The lowest BCUT2D eigenvalue weighted by Gasteiger charge is -2.16. The van der Waals surface area contributed by atoms with Gasteiger partial charge in [0.15, 0.2) is 5.16 Å². The number of imide groups is 1. The standard InChI is InChI=1S/C19H24N4O2S/c1-3-20-18(25)22-17(24)13(2)26-19-21-15-11-7-8-12-16(15)23(19)14-9-5-4-6-10-14/h4-6,9-10,13H,3,7-8,11-12H2,1-2H3,(H2,20,22,24,25). The van der Waals surface area contributed by atoms with E-state index in [0.29, 0.717) is 6.54 Å². The van der Waals surface area contributed by atoms with Crippen molar-refractivity contribution in [1.82, 2.24) is 20.2 Å². The summed E-state index contributed by atoms with van der Waals surface area (Å²) in [6.45, 7) is 4.08. The third-order valence-corrected chi connectivity index (χ3v) is 5.39. The van der Waals surface area contributed by atoms with Gasteiger partial charge in [-0.1, -0.05) is 30.0 Å². The fraction of sp³-hybridized carbons (Fsp3) is 0.421. The van der Waals surface area contributed by atoms with E-state index >= 15 is 0 Å². The lowest BCUT2D eigenvalue weighted by molar-refractivity contribution is -0.119. The average Bonchev–Trinajstić information content (AvgIpc) is 3.00. The molecular formula is C19H24N4O2S. The molecule has 0 bridgehead atoms. The van der Waals surface area contributed by atoms with Crippen LogP contribution >= 0.6 is 11.8 Å². The number of rotatable bonds is 5. The molecule has 26 heavy (non-hydrogen) atoms. The highest BCUT2D eigenvalue weighted by atomic mass is 32.2. The number of fused-ring (bicyclic) bond motifs is 1. The Morgan fingerprint density at radius 2 is 1.96 bits per heavy atom. The molecule has 0 saturated heterocycles. The Hall–Kier alpha value is -2.28. The SMILES string of the molecule is CCNC(=O)NC(=O)C(C)Sc1nc2c(n1-c1ccccc1)CCCC2. The van der Waals surface area contributed by atoms with Crippen molar-refractivity contribution in [2.75, 3.05) is 6.54 Å². The summed E-state index contributed by atoms with van der Waals surface area (Å²) in [5.41, 5.74) is 3.42. The van der Waals surface area contributed by atoms with Gasteiger partial charge in [0.1, 0.15) is 0 Å². The van der Waals surface area contributed by atoms with Crippen LogP contribution in [0.3, 0.4) is 0 Å². The fourth-order valence-corrected chi connectivity index (χ4v) is 4.03. The Bertz CT molecular complexity index is 788. The number of para-hydroxylation sites is 1. The molecule has 0 fully saturated rings. The van der Waals surface area contributed by atoms with Crippen molar-refractivity contribution in [3.63, 3.8) is 0 Å². The second kappa shape index (κ2) is 8.40. The summed E-state index contributed by atoms with van der Waals surface area (Å²) in [7, 11) is 0. The number of carbonyl (C=O) groups excluding carboxylic acids is 2. The molecule has 2 aromatic rings. The summed E-state index contributed by atoms with van der Waals surface area (Å²) in [5.74, 6) is -0.318. The molecule has 1 aromatic heterocycles. The maximum Gasteiger partial charge on any atom is 0.321 e. The second-order valence-corrected chi connectivity index (χ2v) is 7.58. The maximum absolute atomic E-state index is 12.3. The first kappa shape index (κ1) is 18.5. The van der Waals surface area contributed by atoms with Gasteiger partial charge >= 0.3 is 6.03 Å². The molecule has 6 nitrogen and oxygen atoms in total. The van der Waals surface area contributed by atoms with Crippen molar-refractivity contribution in [3.8, 4) is 5.69 Å². The molecule has 2 N–H and O–H groups in total. The molecule has 1 unspecified atom stereocenters. The molecule has 1 atom stereocenters. The van der Waals surface area contributed by atoms with E-state index < -0.39 is 11.3 Å². The number of nitrogens with one attached hydrogen (secondary N) is 2. The lowest BCUT2D eigenvalue weighted by Crippen LogP contribution is -2.42. The molecule has 0 aliphatic heterocycles. The number of hydrogen-bond acceptors (Lipinski definition) is 4. The Morgan fingerprint density at radius 3 is 2.69 bits per heavy atom. The summed E-state index contributed by atoms with van der Waals surface area (Å²) in [5, 5.41) is 5.33. The number of aryl methyl sites for hydroxylation is 1. The van der Waals surface area contributed by atoms with Gasteiger partial charge in [-0.15, -0.1) is 0 Å². The molecule has 0 radical (unpaired) electrons. The second-order valence-electron chi connectivity index (χ2n) is 6.27. The largest absolute Gasteiger partial charge is 0.338 e. The minimum absolute atomic E-state index is 0.318. The minimum atomic E-state index is -0.462. The quantitative estimate of drug-likeness (QED) is 0.791. The van der Waals surface area contributed by atoms with Gasteiger partial charge in [0.25, 0.3) is 0 Å². The molecular weight excluding hydrogens is 348 g/mol. The highest BCUT2D eigenvalue weighted by Gasteiger charge is 2.25. The number of aromatic nitrogens is 2. The average molecular weight is 372 g/mol. The van der Waals surface area contributed by atoms with Gasteiger partial charge in [0.2, 0.25) is 5.91 Å². The van der Waals surface area contributed by atoms with E-state index in [2.05, 4.69) is 27.3 Å². The smallest absolute Gasteiger partial charge is 0.321 e. The van der Waals surface area contributed by atoms with Crippen LogP contribution in [0.15, 0.2) is 35.5 Å². The monoisotopic (exact) mass is 372 g/mol. The molecule has 138 valence electrons. The first-order valence-corrected chi connectivity index (χ1v) is 9.89. The normalized spacial score (nSPS) is 14.4. The van der Waals surface area contributed by atoms with Crippen LogP contribution in [0.1, 0.15) is 38.1 Å². The predicted molar refractivity (Wildman–Crippen MR) is 103 cm³/mol. The molecule has 1 aliphatic carbocycles. The zero-order valence-electron chi connectivity index (χ0n) is 15.1. The van der Waals surface area contributed by atoms with Crippen LogP contribution in [-0.4, -0.2) is 33.3 Å². The van der Waals surface area contributed by atoms with Crippen molar-refractivity contribution in [1.29, 1.82) is 0 Å². The molecule has 1 aliphatic rings. The van der Waals surface area contributed by atoms with Gasteiger partial charge in [0, 0.05) is 17.9 Å². The molecule has 0 spiro atoms. The van der Waals surface area contributed by atoms with E-state index in [0.717, 1.165) is 42.2 Å². The van der Waals surface area contributed by atoms with E-state index in [9.17, 15) is 9.59 Å². The fourth-order valence-electron chi connectivity index (χ4n) is 3.07. The molecule has 0 saturated carbocycles. The molecule has 1 heterocycles. The number of benzene rings is 1. The van der Waals surface area contributed by atoms with Gasteiger partial charge in [-0.25, -0.2) is 9.78 Å². The van der Waals surface area contributed by atoms with Crippen molar-refractivity contribution in [2.24, 2.45) is 0 Å². The van der Waals surface area contributed by atoms with Crippen molar-refractivity contribution >= 4 is 23.7 Å². The van der Waals surface area contributed by atoms with Crippen LogP contribution in [0, 0.1) is 0 Å². The predicted octanol–water partition coefficient (Wildman–Crippen LogP) is 3.08. The topological polar surface area (TPSA) is 76.0 Å². The Kier molecular flexibility index (Phi) is 5.98. The first-order chi connectivity index (χ1) is 12.6. The van der Waals surface area contributed by atoms with Crippen LogP contribution in [0.5, 0.6) is 0 Å². The maximum atomic E-state index is 12.3. The molecule has 3 rings (SSSR count). The highest BCUT2D eigenvalue weighted by Crippen LogP contribution is 2.32. The van der Waals surface area contributed by atoms with Crippen LogP contribution in [0.4, 0.5) is 4.79 Å². The molecule has 1 aromatic carbocycles. The van der Waals surface area contributed by atoms with Gasteiger partial charge in [-0.05, 0) is 51.7 Å². The van der Waals surface area contributed by atoms with Gasteiger partial charge in [-0.2, -0.15) is 0 Å². The van der Waals surface area contributed by atoms with E-state index in [4.69, 9.17) is 4.98 Å². The summed E-state index contributed by atoms with van der Waals surface area (Å²) < 4.78 is 2.16. The zero-order chi connectivity index (χ0) is 18.5. The van der Waals surface area contributed by atoms with Gasteiger partial charge < -0.3 is 5.32 Å². The number of urea groups is 1. The number of hydrogen-bond donors (Lipinski definition) is 2. The summed E-state index contributed by atoms with van der Waals surface area (Å²) in [6, 6.07) is 9.65. The Morgan fingerprint density at radius 1 is 1.23 bits per heavy atom. The number of imidazole rings is 1. The van der Waals surface area contributed by atoms with Gasteiger partial charge in [-0.3, -0.25) is 14.7 Å². The highest BCUT2D eigenvalue weighted by molar-refractivity contribution is 8.00. The Labute approximate surface area is 157 Å². The van der Waals surface area contributed by atoms with E-state index in [1.54, 1.807) is 6.92 Å². The van der Waals surface area contributed by atoms with Crippen LogP contribution in [-0.2, 0) is 17.6 Å². The number of nitrogens with zero attached hydrogens (tertiary/aromatic N) is 2. The van der Waals surface area contributed by atoms with Crippen LogP contribution < -0.4 is 10.6 Å². The summed E-state index contributed by atoms with van der Waals surface area (Å²) >= 11 is 1.39. The number of thioether (sulfide) groups is 1. The number of amides is 3. The van der Waals surface area contributed by atoms with E-state index in [1.165, 1.54) is 17.5 Å². The molecule has 3 amide bonds. The van der Waals surface area contributed by atoms with Gasteiger partial charge in [0.05, 0.1) is 10.9 Å². The summed E-state index contributed by atoms with van der Waals surface area (Å²) in [4.78, 5) is 28.7. The van der Waals surface area contributed by atoms with E-state index in [1.807, 2.05) is 25.1 Å². The minimum Gasteiger partial charge on any atom is -0.338 e. The van der Waals surface area contributed by atoms with Crippen LogP contribution in [0.25, 0.3) is 5.69 Å². The van der Waals surface area contributed by atoms with Crippen molar-refractivity contribution in [2.45, 2.75) is 49.9 Å². The zero-order valence-corrected chi connectivity index (χ0v) is 15.9. The molecule has 7 heteroatoms. The first-order valence-electron chi connectivity index (χ1n) is 9.01. The van der Waals surface area contributed by atoms with Crippen molar-refractivity contribution in [3.05, 3.63) is 41.7 Å². The lowest BCUT2D eigenvalue weighted by atomic mass is 10.0.